The highest BCUT2D eigenvalue weighted by atomic mass is 79.9. The largest absolute Gasteiger partial charge is 0.467 e. The van der Waals surface area contributed by atoms with E-state index < -0.39 is 5.54 Å². The van der Waals surface area contributed by atoms with Gasteiger partial charge in [0, 0.05) is 18.2 Å². The van der Waals surface area contributed by atoms with Crippen molar-refractivity contribution in [2.24, 2.45) is 5.92 Å². The van der Waals surface area contributed by atoms with E-state index in [0.29, 0.717) is 18.8 Å². The fraction of sp³-hybridized carbons (Fsp3) is 0.667. The summed E-state index contributed by atoms with van der Waals surface area (Å²) in [6, 6.07) is 5.87. The lowest BCUT2D eigenvalue weighted by Crippen LogP contribution is -2.57. The first-order chi connectivity index (χ1) is 14.4. The summed E-state index contributed by atoms with van der Waals surface area (Å²) in [6.45, 7) is 10.7. The molecule has 1 aliphatic rings. The minimum Gasteiger partial charge on any atom is -0.467 e. The zero-order valence-electron chi connectivity index (χ0n) is 19.8. The molecule has 0 spiro atoms. The van der Waals surface area contributed by atoms with E-state index in [-0.39, 0.29) is 18.3 Å². The van der Waals surface area contributed by atoms with Crippen LogP contribution in [0.5, 0.6) is 0 Å². The van der Waals surface area contributed by atoms with Crippen LogP contribution in [0.3, 0.4) is 0 Å². The Morgan fingerprint density at radius 1 is 1.13 bits per heavy atom. The Bertz CT molecular complexity index is 640. The van der Waals surface area contributed by atoms with Gasteiger partial charge in [0.05, 0.1) is 13.5 Å². The second-order valence-corrected chi connectivity index (χ2v) is 8.01. The minimum atomic E-state index is -0.907. The van der Waals surface area contributed by atoms with Gasteiger partial charge in [0.1, 0.15) is 5.54 Å². The van der Waals surface area contributed by atoms with Gasteiger partial charge in [-0.05, 0) is 68.2 Å². The minimum absolute atomic E-state index is 0.146. The maximum atomic E-state index is 12.7. The van der Waals surface area contributed by atoms with E-state index in [1.165, 1.54) is 7.11 Å². The topological polar surface area (TPSA) is 64.6 Å². The molecule has 1 aliphatic carbocycles. The van der Waals surface area contributed by atoms with Crippen molar-refractivity contribution in [2.45, 2.75) is 78.7 Å². The van der Waals surface area contributed by atoms with E-state index in [1.54, 1.807) is 7.11 Å². The molecule has 1 aromatic rings. The molecule has 30 heavy (non-hydrogen) atoms. The lowest BCUT2D eigenvalue weighted by Gasteiger charge is -2.38. The Balaban J connectivity index is 0.00000198. The number of carbonyl (C=O) groups is 2. The van der Waals surface area contributed by atoms with E-state index in [1.807, 2.05) is 52.8 Å². The third-order valence-electron chi connectivity index (χ3n) is 5.31. The zero-order chi connectivity index (χ0) is 23.2. The number of nitrogens with one attached hydrogen (secondary N) is 1. The molecular formula is C24H40BrNO4. The number of amides is 1. The van der Waals surface area contributed by atoms with Crippen molar-refractivity contribution in [1.29, 1.82) is 0 Å². The van der Waals surface area contributed by atoms with Crippen LogP contribution in [0.4, 0.5) is 0 Å². The summed E-state index contributed by atoms with van der Waals surface area (Å²) in [5.41, 5.74) is 1.10. The molecule has 1 fully saturated rings. The van der Waals surface area contributed by atoms with Crippen LogP contribution in [0, 0.1) is 12.8 Å². The summed E-state index contributed by atoms with van der Waals surface area (Å²) in [7, 11) is 3.08. The first-order valence-electron chi connectivity index (χ1n) is 11.0. The number of hydrogen-bond donors (Lipinski definition) is 1. The highest BCUT2D eigenvalue weighted by Gasteiger charge is 2.43. The third kappa shape index (κ3) is 8.76. The second kappa shape index (κ2) is 15.4. The quantitative estimate of drug-likeness (QED) is 0.509. The number of halogens is 1. The molecule has 0 saturated heterocycles. The predicted molar refractivity (Wildman–Crippen MR) is 127 cm³/mol. The molecule has 1 amide bonds. The number of ether oxygens (including phenoxy) is 2. The van der Waals surface area contributed by atoms with E-state index in [4.69, 9.17) is 9.47 Å². The number of benzene rings is 1. The first-order valence-corrected chi connectivity index (χ1v) is 11.8. The molecule has 0 radical (unpaired) electrons. The maximum absolute atomic E-state index is 12.7. The van der Waals surface area contributed by atoms with Crippen LogP contribution in [-0.4, -0.2) is 38.2 Å². The number of hydrogen-bond acceptors (Lipinski definition) is 4. The molecule has 1 N–H and O–H groups in total. The van der Waals surface area contributed by atoms with Crippen LogP contribution in [0.1, 0.15) is 70.9 Å². The van der Waals surface area contributed by atoms with E-state index in [2.05, 4.69) is 21.2 Å². The SMILES string of the molecule is CC.CC.COCCC1CCC(NC(=O)Cc2cc(Br)ccc2C)(C(=O)OC)CC1. The molecule has 5 nitrogen and oxygen atoms in total. The molecular weight excluding hydrogens is 446 g/mol. The van der Waals surface area contributed by atoms with Gasteiger partial charge in [-0.2, -0.15) is 0 Å². The lowest BCUT2D eigenvalue weighted by molar-refractivity contribution is -0.153. The molecule has 0 aromatic heterocycles. The van der Waals surface area contributed by atoms with Crippen molar-refractivity contribution < 1.29 is 19.1 Å². The standard InChI is InChI=1S/C20H28BrNO4.2C2H6/c1-14-4-5-17(21)12-16(14)13-18(23)22-20(19(24)26-3)9-6-15(7-10-20)8-11-25-2;2*1-2/h4-5,12,15H,6-11,13H2,1-3H3,(H,22,23);2*1-2H3. The van der Waals surface area contributed by atoms with Gasteiger partial charge in [-0.15, -0.1) is 0 Å². The Hall–Kier alpha value is -1.40. The van der Waals surface area contributed by atoms with E-state index >= 15 is 0 Å². The highest BCUT2D eigenvalue weighted by Crippen LogP contribution is 2.35. The summed E-state index contributed by atoms with van der Waals surface area (Å²) in [6.07, 6.45) is 4.22. The van der Waals surface area contributed by atoms with Crippen molar-refractivity contribution in [3.8, 4) is 0 Å². The summed E-state index contributed by atoms with van der Waals surface area (Å²) in [5, 5.41) is 2.99. The van der Waals surface area contributed by atoms with Gasteiger partial charge in [0.2, 0.25) is 5.91 Å². The first kappa shape index (κ1) is 28.6. The Kier molecular flexibility index (Phi) is 14.7. The monoisotopic (exact) mass is 485 g/mol. The van der Waals surface area contributed by atoms with Gasteiger partial charge < -0.3 is 14.8 Å². The summed E-state index contributed by atoms with van der Waals surface area (Å²) < 4.78 is 11.1. The maximum Gasteiger partial charge on any atom is 0.331 e. The highest BCUT2D eigenvalue weighted by molar-refractivity contribution is 9.10. The van der Waals surface area contributed by atoms with E-state index in [0.717, 1.165) is 41.5 Å². The Labute approximate surface area is 191 Å². The Morgan fingerprint density at radius 2 is 1.73 bits per heavy atom. The molecule has 0 bridgehead atoms. The summed E-state index contributed by atoms with van der Waals surface area (Å²) in [4.78, 5) is 25.1. The Morgan fingerprint density at radius 3 is 2.27 bits per heavy atom. The van der Waals surface area contributed by atoms with Crippen LogP contribution in [0.25, 0.3) is 0 Å². The molecule has 6 heteroatoms. The number of aryl methyl sites for hydroxylation is 1. The van der Waals surface area contributed by atoms with Crippen molar-refractivity contribution >= 4 is 27.8 Å². The normalized spacial score (nSPS) is 20.1. The van der Waals surface area contributed by atoms with Crippen LogP contribution in [0.15, 0.2) is 22.7 Å². The zero-order valence-corrected chi connectivity index (χ0v) is 21.4. The van der Waals surface area contributed by atoms with Gasteiger partial charge in [0.15, 0.2) is 0 Å². The van der Waals surface area contributed by atoms with Crippen LogP contribution in [-0.2, 0) is 25.5 Å². The van der Waals surface area contributed by atoms with Gasteiger partial charge >= 0.3 is 5.97 Å². The lowest BCUT2D eigenvalue weighted by atomic mass is 9.75. The van der Waals surface area contributed by atoms with E-state index in [9.17, 15) is 9.59 Å². The third-order valence-corrected chi connectivity index (χ3v) is 5.80. The van der Waals surface area contributed by atoms with Crippen molar-refractivity contribution in [2.75, 3.05) is 20.8 Å². The number of methoxy groups -OCH3 is 2. The molecule has 0 atom stereocenters. The van der Waals surface area contributed by atoms with Crippen molar-refractivity contribution in [3.63, 3.8) is 0 Å². The van der Waals surface area contributed by atoms with Gasteiger partial charge in [0.25, 0.3) is 0 Å². The molecule has 0 unspecified atom stereocenters. The summed E-state index contributed by atoms with van der Waals surface area (Å²) >= 11 is 3.44. The molecule has 2 rings (SSSR count). The fourth-order valence-electron chi connectivity index (χ4n) is 3.63. The smallest absolute Gasteiger partial charge is 0.331 e. The molecule has 0 heterocycles. The number of rotatable bonds is 7. The number of carbonyl (C=O) groups excluding carboxylic acids is 2. The van der Waals surface area contributed by atoms with Gasteiger partial charge in [-0.3, -0.25) is 4.79 Å². The van der Waals surface area contributed by atoms with Gasteiger partial charge in [-0.1, -0.05) is 49.7 Å². The van der Waals surface area contributed by atoms with Crippen molar-refractivity contribution in [1.82, 2.24) is 5.32 Å². The molecule has 1 saturated carbocycles. The van der Waals surface area contributed by atoms with Crippen LogP contribution >= 0.6 is 15.9 Å². The average molecular weight is 486 g/mol. The van der Waals surface area contributed by atoms with Crippen molar-refractivity contribution in [3.05, 3.63) is 33.8 Å². The number of esters is 1. The van der Waals surface area contributed by atoms with Crippen LogP contribution < -0.4 is 5.32 Å². The fourth-order valence-corrected chi connectivity index (χ4v) is 4.04. The average Bonchev–Trinajstić information content (AvgIpc) is 2.78. The molecule has 0 aliphatic heterocycles. The predicted octanol–water partition coefficient (Wildman–Crippen LogP) is 5.61. The molecule has 1 aromatic carbocycles. The van der Waals surface area contributed by atoms with Gasteiger partial charge in [-0.25, -0.2) is 4.79 Å². The second-order valence-electron chi connectivity index (χ2n) is 7.09. The summed E-state index contributed by atoms with van der Waals surface area (Å²) in [5.74, 6) is 0.0332. The molecule has 172 valence electrons. The van der Waals surface area contributed by atoms with Crippen LogP contribution in [0.2, 0.25) is 0 Å².